The maximum Gasteiger partial charge on any atom is 0.260 e. The average molecular weight is 587 g/mol. The highest BCUT2D eigenvalue weighted by Crippen LogP contribution is 2.42. The number of hydrogen-bond acceptors (Lipinski definition) is 2. The molecule has 2 aliphatic rings. The number of rotatable bonds is 3. The Morgan fingerprint density at radius 3 is 1.50 bits per heavy atom. The Kier molecular flexibility index (Phi) is 5.37. The van der Waals surface area contributed by atoms with Crippen molar-refractivity contribution in [3.8, 4) is 50.9 Å². The van der Waals surface area contributed by atoms with Gasteiger partial charge in [-0.3, -0.25) is 0 Å². The zero-order chi connectivity index (χ0) is 30.2. The van der Waals surface area contributed by atoms with E-state index in [0.717, 1.165) is 56.1 Å². The molecule has 8 aromatic rings. The fraction of sp³-hybridized carbons (Fsp3) is 0. The van der Waals surface area contributed by atoms with E-state index in [-0.39, 0.29) is 6.71 Å². The minimum absolute atomic E-state index is 0.0714. The molecular formula is C42H26BNO2. The van der Waals surface area contributed by atoms with E-state index in [0.29, 0.717) is 0 Å². The van der Waals surface area contributed by atoms with E-state index < -0.39 is 0 Å². The molecule has 0 spiro atoms. The van der Waals surface area contributed by atoms with Crippen LogP contribution in [0.1, 0.15) is 0 Å². The summed E-state index contributed by atoms with van der Waals surface area (Å²) in [5, 5.41) is 2.44. The van der Waals surface area contributed by atoms with Crippen LogP contribution in [0.2, 0.25) is 0 Å². The van der Waals surface area contributed by atoms with Crippen molar-refractivity contribution in [1.82, 2.24) is 4.57 Å². The van der Waals surface area contributed by atoms with Crippen molar-refractivity contribution < 1.29 is 9.47 Å². The van der Waals surface area contributed by atoms with E-state index in [1.807, 2.05) is 0 Å². The molecule has 10 rings (SSSR count). The fourth-order valence-electron chi connectivity index (χ4n) is 7.46. The van der Waals surface area contributed by atoms with Crippen molar-refractivity contribution in [3.63, 3.8) is 0 Å². The van der Waals surface area contributed by atoms with Crippen LogP contribution < -0.4 is 25.9 Å². The summed E-state index contributed by atoms with van der Waals surface area (Å²) in [6, 6.07) is 55.8. The number of aromatic nitrogens is 1. The molecule has 1 aromatic heterocycles. The Labute approximate surface area is 267 Å². The first-order valence-corrected chi connectivity index (χ1v) is 15.7. The number of para-hydroxylation sites is 2. The normalized spacial score (nSPS) is 12.7. The molecule has 7 aromatic carbocycles. The monoisotopic (exact) mass is 587 g/mol. The van der Waals surface area contributed by atoms with Crippen molar-refractivity contribution in [2.24, 2.45) is 0 Å². The van der Waals surface area contributed by atoms with Gasteiger partial charge in [0.05, 0.1) is 16.7 Å². The molecule has 214 valence electrons. The molecule has 0 amide bonds. The third-order valence-corrected chi connectivity index (χ3v) is 9.53. The predicted octanol–water partition coefficient (Wildman–Crippen LogP) is 8.85. The molecule has 0 saturated heterocycles. The van der Waals surface area contributed by atoms with E-state index in [1.54, 1.807) is 0 Å². The topological polar surface area (TPSA) is 23.4 Å². The Hall–Kier alpha value is -6.00. The zero-order valence-corrected chi connectivity index (χ0v) is 24.9. The number of nitrogens with zero attached hydrogens (tertiary/aromatic N) is 1. The summed E-state index contributed by atoms with van der Waals surface area (Å²) in [5.41, 5.74) is 11.3. The van der Waals surface area contributed by atoms with Gasteiger partial charge in [0.1, 0.15) is 23.0 Å². The van der Waals surface area contributed by atoms with E-state index in [4.69, 9.17) is 9.47 Å². The highest BCUT2D eigenvalue weighted by Gasteiger charge is 2.42. The van der Waals surface area contributed by atoms with Gasteiger partial charge in [0.2, 0.25) is 0 Å². The third-order valence-electron chi connectivity index (χ3n) is 9.53. The number of fused-ring (bicyclic) bond motifs is 7. The second kappa shape index (κ2) is 9.75. The van der Waals surface area contributed by atoms with Crippen LogP contribution in [-0.4, -0.2) is 11.3 Å². The number of hydrogen-bond donors (Lipinski definition) is 0. The van der Waals surface area contributed by atoms with Gasteiger partial charge in [0.25, 0.3) is 6.71 Å². The molecule has 0 unspecified atom stereocenters. The first-order valence-electron chi connectivity index (χ1n) is 15.7. The van der Waals surface area contributed by atoms with E-state index >= 15 is 0 Å². The van der Waals surface area contributed by atoms with Crippen molar-refractivity contribution in [2.45, 2.75) is 0 Å². The third kappa shape index (κ3) is 3.67. The van der Waals surface area contributed by atoms with Crippen LogP contribution in [0, 0.1) is 0 Å². The summed E-state index contributed by atoms with van der Waals surface area (Å²) in [6.45, 7) is -0.0714. The maximum atomic E-state index is 7.00. The molecule has 0 aliphatic carbocycles. The van der Waals surface area contributed by atoms with Crippen molar-refractivity contribution in [1.29, 1.82) is 0 Å². The minimum Gasteiger partial charge on any atom is -0.458 e. The summed E-state index contributed by atoms with van der Waals surface area (Å²) < 4.78 is 16.0. The lowest BCUT2D eigenvalue weighted by atomic mass is 9.34. The van der Waals surface area contributed by atoms with Gasteiger partial charge in [0.15, 0.2) is 0 Å². The molecule has 2 aliphatic heterocycles. The first-order chi connectivity index (χ1) is 22.8. The Morgan fingerprint density at radius 2 is 0.913 bits per heavy atom. The largest absolute Gasteiger partial charge is 0.458 e. The predicted molar refractivity (Wildman–Crippen MR) is 189 cm³/mol. The highest BCUT2D eigenvalue weighted by atomic mass is 16.5. The lowest BCUT2D eigenvalue weighted by molar-refractivity contribution is 0.463. The van der Waals surface area contributed by atoms with Gasteiger partial charge in [0, 0.05) is 16.2 Å². The second-order valence-electron chi connectivity index (χ2n) is 12.1. The van der Waals surface area contributed by atoms with E-state index in [1.165, 1.54) is 33.0 Å². The minimum atomic E-state index is -0.0714. The number of benzene rings is 7. The smallest absolute Gasteiger partial charge is 0.260 e. The van der Waals surface area contributed by atoms with Crippen LogP contribution in [0.5, 0.6) is 23.0 Å². The lowest BCUT2D eigenvalue weighted by Crippen LogP contribution is -2.57. The molecule has 0 radical (unpaired) electrons. The summed E-state index contributed by atoms with van der Waals surface area (Å²) in [5.74, 6) is 3.42. The van der Waals surface area contributed by atoms with Gasteiger partial charge < -0.3 is 14.0 Å². The van der Waals surface area contributed by atoms with E-state index in [2.05, 4.69) is 162 Å². The van der Waals surface area contributed by atoms with Gasteiger partial charge in [-0.25, -0.2) is 0 Å². The van der Waals surface area contributed by atoms with Crippen molar-refractivity contribution >= 4 is 44.9 Å². The molecule has 0 bridgehead atoms. The standard InChI is InChI=1S/C42H26BNO2/c1-3-11-27(12-4-1)29-19-22-38-33(25-29)43-34-26-30(28-13-5-2-6-14-28)20-23-39(34)46-42-37(21-24-40(45-38)41(42)43)44-35-17-9-7-15-31(35)32-16-8-10-18-36(32)44/h1-26H. The summed E-state index contributed by atoms with van der Waals surface area (Å²) in [4.78, 5) is 0. The van der Waals surface area contributed by atoms with Gasteiger partial charge in [-0.05, 0) is 69.6 Å². The molecule has 46 heavy (non-hydrogen) atoms. The van der Waals surface area contributed by atoms with Crippen LogP contribution in [-0.2, 0) is 0 Å². The van der Waals surface area contributed by atoms with Crippen LogP contribution in [0.3, 0.4) is 0 Å². The van der Waals surface area contributed by atoms with Crippen molar-refractivity contribution in [3.05, 3.63) is 158 Å². The quantitative estimate of drug-likeness (QED) is 0.193. The first kappa shape index (κ1) is 25.3. The lowest BCUT2D eigenvalue weighted by Gasteiger charge is -2.34. The molecule has 0 fully saturated rings. The molecular weight excluding hydrogens is 561 g/mol. The highest BCUT2D eigenvalue weighted by molar-refractivity contribution is 6.98. The van der Waals surface area contributed by atoms with Crippen LogP contribution in [0.4, 0.5) is 0 Å². The van der Waals surface area contributed by atoms with Gasteiger partial charge in [-0.2, -0.15) is 0 Å². The molecule has 3 heterocycles. The van der Waals surface area contributed by atoms with Gasteiger partial charge in [-0.15, -0.1) is 0 Å². The summed E-state index contributed by atoms with van der Waals surface area (Å²) in [6.07, 6.45) is 0. The Balaban J connectivity index is 1.26. The van der Waals surface area contributed by atoms with Crippen LogP contribution in [0.15, 0.2) is 158 Å². The zero-order valence-electron chi connectivity index (χ0n) is 24.9. The molecule has 0 N–H and O–H groups in total. The van der Waals surface area contributed by atoms with Crippen LogP contribution >= 0.6 is 0 Å². The maximum absolute atomic E-state index is 7.00. The number of ether oxygens (including phenoxy) is 2. The van der Waals surface area contributed by atoms with Gasteiger partial charge in [-0.1, -0.05) is 121 Å². The van der Waals surface area contributed by atoms with Gasteiger partial charge >= 0.3 is 0 Å². The second-order valence-corrected chi connectivity index (χ2v) is 12.1. The molecule has 0 atom stereocenters. The molecule has 3 nitrogen and oxygen atoms in total. The fourth-order valence-corrected chi connectivity index (χ4v) is 7.46. The van der Waals surface area contributed by atoms with Crippen molar-refractivity contribution in [2.75, 3.05) is 0 Å². The molecule has 4 heteroatoms. The Morgan fingerprint density at radius 1 is 0.413 bits per heavy atom. The van der Waals surface area contributed by atoms with E-state index in [9.17, 15) is 0 Å². The van der Waals surface area contributed by atoms with Crippen LogP contribution in [0.25, 0.3) is 49.7 Å². The summed E-state index contributed by atoms with van der Waals surface area (Å²) in [7, 11) is 0. The molecule has 0 saturated carbocycles. The average Bonchev–Trinajstić information content (AvgIpc) is 3.46. The summed E-state index contributed by atoms with van der Waals surface area (Å²) >= 11 is 0. The SMILES string of the molecule is c1ccc(-c2ccc3c(c2)B2c4cc(-c5ccccc5)ccc4Oc4c(-n5c6ccccc6c6ccccc65)ccc(c42)O3)cc1. The Bertz CT molecular complexity index is 2380.